The number of methoxy groups -OCH3 is 2. The number of likely N-dealkylation sites (N-methyl/N-ethyl adjacent to an activating group) is 1. The van der Waals surface area contributed by atoms with Crippen molar-refractivity contribution in [2.45, 2.75) is 12.5 Å². The minimum absolute atomic E-state index is 0.0739. The molecule has 0 aromatic heterocycles. The summed E-state index contributed by atoms with van der Waals surface area (Å²) in [5.41, 5.74) is 4.32. The third-order valence-corrected chi connectivity index (χ3v) is 6.21. The predicted molar refractivity (Wildman–Crippen MR) is 120 cm³/mol. The summed E-state index contributed by atoms with van der Waals surface area (Å²) in [6.45, 7) is 4.64. The summed E-state index contributed by atoms with van der Waals surface area (Å²) in [5.74, 6) is 0.800. The molecule has 0 aliphatic carbocycles. The Hall–Kier alpha value is -2.77. The third kappa shape index (κ3) is 4.48. The van der Waals surface area contributed by atoms with Crippen LogP contribution in [-0.4, -0.2) is 71.5 Å². The van der Waals surface area contributed by atoms with Gasteiger partial charge in [0.25, 0.3) is 5.91 Å². The molecule has 2 aliphatic rings. The van der Waals surface area contributed by atoms with E-state index in [1.807, 2.05) is 6.07 Å². The first kappa shape index (κ1) is 21.5. The maximum atomic E-state index is 13.1. The van der Waals surface area contributed by atoms with Crippen LogP contribution in [0.3, 0.4) is 0 Å². The zero-order chi connectivity index (χ0) is 21.8. The highest BCUT2D eigenvalue weighted by Crippen LogP contribution is 2.32. The van der Waals surface area contributed by atoms with Gasteiger partial charge in [0.1, 0.15) is 17.1 Å². The van der Waals surface area contributed by atoms with Crippen LogP contribution in [0.1, 0.15) is 27.5 Å². The second-order valence-electron chi connectivity index (χ2n) is 7.97. The quantitative estimate of drug-likeness (QED) is 0.736. The van der Waals surface area contributed by atoms with Crippen LogP contribution < -0.4 is 19.7 Å². The maximum Gasteiger partial charge on any atom is 0.258 e. The number of rotatable bonds is 7. The van der Waals surface area contributed by atoms with Gasteiger partial charge in [0, 0.05) is 38.9 Å². The molecule has 0 saturated carbocycles. The molecule has 1 atom stereocenters. The van der Waals surface area contributed by atoms with Gasteiger partial charge in [-0.25, -0.2) is 0 Å². The first-order valence-corrected chi connectivity index (χ1v) is 10.8. The normalized spacial score (nSPS) is 17.2. The van der Waals surface area contributed by atoms with E-state index >= 15 is 0 Å². The van der Waals surface area contributed by atoms with E-state index in [1.165, 1.54) is 16.8 Å². The zero-order valence-electron chi connectivity index (χ0n) is 18.5. The Morgan fingerprint density at radius 3 is 2.48 bits per heavy atom. The molecule has 2 heterocycles. The molecule has 0 bridgehead atoms. The number of carbonyl (C=O) groups is 1. The van der Waals surface area contributed by atoms with Gasteiger partial charge in [0.15, 0.2) is 0 Å². The Balaban J connectivity index is 1.57. The van der Waals surface area contributed by atoms with E-state index in [0.717, 1.165) is 26.1 Å². The number of morpholine rings is 1. The number of benzene rings is 2. The molecule has 2 aromatic rings. The maximum absolute atomic E-state index is 13.1. The minimum Gasteiger partial charge on any atom is -0.496 e. The summed E-state index contributed by atoms with van der Waals surface area (Å²) in [6.07, 6.45) is 1.06. The first-order chi connectivity index (χ1) is 15.1. The molecular weight excluding hydrogens is 394 g/mol. The lowest BCUT2D eigenvalue weighted by molar-refractivity contribution is 0.0162. The van der Waals surface area contributed by atoms with Crippen LogP contribution >= 0.6 is 0 Å². The van der Waals surface area contributed by atoms with Gasteiger partial charge in [0.2, 0.25) is 0 Å². The van der Waals surface area contributed by atoms with Crippen molar-refractivity contribution < 1.29 is 19.0 Å². The van der Waals surface area contributed by atoms with Crippen molar-refractivity contribution in [2.24, 2.45) is 0 Å². The molecule has 31 heavy (non-hydrogen) atoms. The van der Waals surface area contributed by atoms with Crippen LogP contribution in [0, 0.1) is 0 Å². The van der Waals surface area contributed by atoms with Crippen molar-refractivity contribution in [2.75, 3.05) is 65.6 Å². The van der Waals surface area contributed by atoms with Gasteiger partial charge in [0.05, 0.1) is 33.5 Å². The number of hydrogen-bond donors (Lipinski definition) is 1. The highest BCUT2D eigenvalue weighted by Gasteiger charge is 2.27. The summed E-state index contributed by atoms with van der Waals surface area (Å²) in [4.78, 5) is 17.8. The molecule has 2 aromatic carbocycles. The first-order valence-electron chi connectivity index (χ1n) is 10.8. The highest BCUT2D eigenvalue weighted by molar-refractivity contribution is 5.99. The van der Waals surface area contributed by atoms with Gasteiger partial charge in [-0.3, -0.25) is 9.69 Å². The van der Waals surface area contributed by atoms with Crippen molar-refractivity contribution in [3.8, 4) is 11.5 Å². The van der Waals surface area contributed by atoms with Crippen LogP contribution in [0.15, 0.2) is 36.4 Å². The van der Waals surface area contributed by atoms with E-state index in [-0.39, 0.29) is 11.9 Å². The summed E-state index contributed by atoms with van der Waals surface area (Å²) in [5, 5.41) is 3.13. The average molecular weight is 426 g/mol. The van der Waals surface area contributed by atoms with Gasteiger partial charge in [-0.2, -0.15) is 0 Å². The smallest absolute Gasteiger partial charge is 0.258 e. The molecule has 1 N–H and O–H groups in total. The van der Waals surface area contributed by atoms with Crippen LogP contribution in [-0.2, 0) is 11.2 Å². The highest BCUT2D eigenvalue weighted by atomic mass is 16.5. The van der Waals surface area contributed by atoms with E-state index in [4.69, 9.17) is 14.2 Å². The number of carbonyl (C=O) groups excluding carboxylic acids is 1. The molecule has 166 valence electrons. The van der Waals surface area contributed by atoms with Gasteiger partial charge in [-0.15, -0.1) is 0 Å². The standard InChI is InChI=1S/C24H31N3O4/c1-26-10-9-18-15-17(7-8-19(18)26)20(27-11-13-31-14-12-27)16-25-24(28)23-21(29-2)5-4-6-22(23)30-3/h4-8,15,20H,9-14,16H2,1-3H3,(H,25,28)/t20-/m1/s1. The molecule has 1 saturated heterocycles. The molecule has 7 heteroatoms. The van der Waals surface area contributed by atoms with E-state index in [0.29, 0.717) is 36.8 Å². The van der Waals surface area contributed by atoms with Crippen LogP contribution in [0.4, 0.5) is 5.69 Å². The van der Waals surface area contributed by atoms with Crippen LogP contribution in [0.5, 0.6) is 11.5 Å². The van der Waals surface area contributed by atoms with Crippen molar-refractivity contribution in [3.05, 3.63) is 53.1 Å². The lowest BCUT2D eigenvalue weighted by Crippen LogP contribution is -2.44. The van der Waals surface area contributed by atoms with E-state index in [2.05, 4.69) is 40.4 Å². The summed E-state index contributed by atoms with van der Waals surface area (Å²) < 4.78 is 16.4. The molecule has 4 rings (SSSR count). The van der Waals surface area contributed by atoms with E-state index in [1.54, 1.807) is 26.4 Å². The zero-order valence-corrected chi connectivity index (χ0v) is 18.5. The predicted octanol–water partition coefficient (Wildman–Crippen LogP) is 2.50. The molecule has 1 fully saturated rings. The van der Waals surface area contributed by atoms with Gasteiger partial charge < -0.3 is 24.4 Å². The fraction of sp³-hybridized carbons (Fsp3) is 0.458. The summed E-state index contributed by atoms with van der Waals surface area (Å²) >= 11 is 0. The van der Waals surface area contributed by atoms with Crippen LogP contribution in [0.25, 0.3) is 0 Å². The number of nitrogens with one attached hydrogen (secondary N) is 1. The lowest BCUT2D eigenvalue weighted by atomic mass is 10.00. The fourth-order valence-electron chi connectivity index (χ4n) is 4.49. The molecule has 2 aliphatic heterocycles. The Labute approximate surface area is 183 Å². The summed E-state index contributed by atoms with van der Waals surface area (Å²) in [6, 6.07) is 12.1. The second-order valence-corrected chi connectivity index (χ2v) is 7.97. The second kappa shape index (κ2) is 9.58. The Bertz CT molecular complexity index is 905. The van der Waals surface area contributed by atoms with Crippen molar-refractivity contribution >= 4 is 11.6 Å². The number of nitrogens with zero attached hydrogens (tertiary/aromatic N) is 2. The topological polar surface area (TPSA) is 63.3 Å². The average Bonchev–Trinajstić information content (AvgIpc) is 3.19. The fourth-order valence-corrected chi connectivity index (χ4v) is 4.49. The van der Waals surface area contributed by atoms with E-state index < -0.39 is 0 Å². The number of fused-ring (bicyclic) bond motifs is 1. The Morgan fingerprint density at radius 2 is 1.81 bits per heavy atom. The molecule has 0 radical (unpaired) electrons. The molecule has 0 unspecified atom stereocenters. The van der Waals surface area contributed by atoms with Crippen molar-refractivity contribution in [1.82, 2.24) is 10.2 Å². The van der Waals surface area contributed by atoms with Crippen LogP contribution in [0.2, 0.25) is 0 Å². The van der Waals surface area contributed by atoms with Gasteiger partial charge >= 0.3 is 0 Å². The molecule has 1 amide bonds. The molecule has 7 nitrogen and oxygen atoms in total. The monoisotopic (exact) mass is 425 g/mol. The van der Waals surface area contributed by atoms with E-state index in [9.17, 15) is 4.79 Å². The minimum atomic E-state index is -0.201. The van der Waals surface area contributed by atoms with Crippen molar-refractivity contribution in [1.29, 1.82) is 0 Å². The Kier molecular flexibility index (Phi) is 6.63. The Morgan fingerprint density at radius 1 is 1.10 bits per heavy atom. The summed E-state index contributed by atoms with van der Waals surface area (Å²) in [7, 11) is 5.25. The lowest BCUT2D eigenvalue weighted by Gasteiger charge is -2.35. The van der Waals surface area contributed by atoms with Gasteiger partial charge in [-0.1, -0.05) is 18.2 Å². The number of anilines is 1. The largest absolute Gasteiger partial charge is 0.496 e. The third-order valence-electron chi connectivity index (χ3n) is 6.21. The number of amides is 1. The SMILES string of the molecule is COc1cccc(OC)c1C(=O)NC[C@H](c1ccc2c(c1)CCN2C)N1CCOCC1. The number of hydrogen-bond acceptors (Lipinski definition) is 6. The molecular formula is C24H31N3O4. The van der Waals surface area contributed by atoms with Gasteiger partial charge in [-0.05, 0) is 35.7 Å². The number of ether oxygens (including phenoxy) is 3. The molecule has 0 spiro atoms. The van der Waals surface area contributed by atoms with Crippen molar-refractivity contribution in [3.63, 3.8) is 0 Å².